The summed E-state index contributed by atoms with van der Waals surface area (Å²) in [5, 5.41) is 4.84. The first-order chi connectivity index (χ1) is 17.5. The molecule has 14 heteroatoms. The van der Waals surface area contributed by atoms with E-state index in [1.54, 1.807) is 0 Å². The standard InChI is InChI=1S/C23H23ClF4N4O4S/c24-19-6-5-18(37-19)22(35)29-10-17(32(13-1-2-13)12-23(26,27)28)21(34)30-16-4-3-14(9-15(16)25)31-7-8-36-11-20(31)33/h3-6,9,13,17H,1-2,7-8,10-12H2,(H,29,35)(H,30,34)/t17-/m0/s1. The number of benzene rings is 1. The van der Waals surface area contributed by atoms with Gasteiger partial charge in [-0.15, -0.1) is 11.3 Å². The molecule has 2 heterocycles. The molecule has 1 aliphatic carbocycles. The summed E-state index contributed by atoms with van der Waals surface area (Å²) in [4.78, 5) is 40.2. The van der Waals surface area contributed by atoms with Crippen molar-refractivity contribution in [2.24, 2.45) is 0 Å². The van der Waals surface area contributed by atoms with Gasteiger partial charge >= 0.3 is 6.18 Å². The number of carbonyl (C=O) groups excluding carboxylic acids is 3. The first-order valence-corrected chi connectivity index (χ1v) is 12.6. The first kappa shape index (κ1) is 27.3. The zero-order valence-electron chi connectivity index (χ0n) is 19.3. The number of thiophene rings is 1. The molecule has 0 spiro atoms. The van der Waals surface area contributed by atoms with E-state index in [1.807, 2.05) is 0 Å². The average molecular weight is 563 g/mol. The summed E-state index contributed by atoms with van der Waals surface area (Å²) < 4.78 is 60.3. The van der Waals surface area contributed by atoms with Gasteiger partial charge in [0.25, 0.3) is 11.8 Å². The molecule has 8 nitrogen and oxygen atoms in total. The minimum atomic E-state index is -4.59. The highest BCUT2D eigenvalue weighted by atomic mass is 35.5. The van der Waals surface area contributed by atoms with Gasteiger partial charge in [-0.05, 0) is 43.2 Å². The van der Waals surface area contributed by atoms with Crippen LogP contribution in [0.2, 0.25) is 4.34 Å². The molecule has 0 radical (unpaired) electrons. The van der Waals surface area contributed by atoms with Gasteiger partial charge in [-0.25, -0.2) is 4.39 Å². The van der Waals surface area contributed by atoms with Crippen LogP contribution in [0.5, 0.6) is 0 Å². The Morgan fingerprint density at radius 2 is 2.00 bits per heavy atom. The third-order valence-corrected chi connectivity index (χ3v) is 7.07. The quantitative estimate of drug-likeness (QED) is 0.455. The number of morpholine rings is 1. The molecule has 1 saturated carbocycles. The van der Waals surface area contributed by atoms with Gasteiger partial charge in [-0.2, -0.15) is 13.2 Å². The van der Waals surface area contributed by atoms with E-state index in [-0.39, 0.29) is 41.9 Å². The summed E-state index contributed by atoms with van der Waals surface area (Å²) in [6, 6.07) is 4.76. The molecule has 4 rings (SSSR count). The molecule has 1 saturated heterocycles. The van der Waals surface area contributed by atoms with Crippen molar-refractivity contribution in [1.82, 2.24) is 10.2 Å². The van der Waals surface area contributed by atoms with E-state index in [2.05, 4.69) is 10.6 Å². The lowest BCUT2D eigenvalue weighted by Gasteiger charge is -2.31. The highest BCUT2D eigenvalue weighted by Gasteiger charge is 2.44. The van der Waals surface area contributed by atoms with Gasteiger partial charge in [0.15, 0.2) is 0 Å². The fourth-order valence-electron chi connectivity index (χ4n) is 3.96. The third kappa shape index (κ3) is 7.18. The summed E-state index contributed by atoms with van der Waals surface area (Å²) in [6.45, 7) is -1.42. The number of hydrogen-bond donors (Lipinski definition) is 2. The van der Waals surface area contributed by atoms with E-state index in [9.17, 15) is 31.9 Å². The number of anilines is 2. The molecule has 2 N–H and O–H groups in total. The second-order valence-corrected chi connectivity index (χ2v) is 10.3. The molecule has 2 aliphatic rings. The molecule has 2 aromatic rings. The van der Waals surface area contributed by atoms with Crippen molar-refractivity contribution < 1.29 is 36.7 Å². The predicted molar refractivity (Wildman–Crippen MR) is 129 cm³/mol. The number of rotatable bonds is 9. The van der Waals surface area contributed by atoms with Crippen LogP contribution < -0.4 is 15.5 Å². The van der Waals surface area contributed by atoms with E-state index >= 15 is 0 Å². The molecule has 1 atom stereocenters. The van der Waals surface area contributed by atoms with Crippen molar-refractivity contribution in [2.75, 3.05) is 43.1 Å². The summed E-state index contributed by atoms with van der Waals surface area (Å²) in [7, 11) is 0. The molecule has 1 aliphatic heterocycles. The molecular formula is C23H23ClF4N4O4S. The number of alkyl halides is 3. The number of halogens is 5. The lowest BCUT2D eigenvalue weighted by molar-refractivity contribution is -0.155. The molecular weight excluding hydrogens is 540 g/mol. The minimum absolute atomic E-state index is 0.138. The van der Waals surface area contributed by atoms with Gasteiger partial charge < -0.3 is 20.3 Å². The van der Waals surface area contributed by atoms with Crippen LogP contribution in [0.15, 0.2) is 30.3 Å². The molecule has 1 aromatic carbocycles. The highest BCUT2D eigenvalue weighted by molar-refractivity contribution is 7.18. The maximum absolute atomic E-state index is 14.9. The van der Waals surface area contributed by atoms with Crippen LogP contribution in [-0.4, -0.2) is 73.7 Å². The molecule has 0 bridgehead atoms. The zero-order chi connectivity index (χ0) is 26.7. The highest BCUT2D eigenvalue weighted by Crippen LogP contribution is 2.32. The maximum atomic E-state index is 14.9. The van der Waals surface area contributed by atoms with Crippen LogP contribution in [0.3, 0.4) is 0 Å². The number of amides is 3. The van der Waals surface area contributed by atoms with Crippen molar-refractivity contribution in [2.45, 2.75) is 31.1 Å². The molecule has 0 unspecified atom stereocenters. The monoisotopic (exact) mass is 562 g/mol. The minimum Gasteiger partial charge on any atom is -0.370 e. The summed E-state index contributed by atoms with van der Waals surface area (Å²) in [5.41, 5.74) is -0.00233. The normalized spacial score (nSPS) is 17.1. The lowest BCUT2D eigenvalue weighted by Crippen LogP contribution is -2.54. The van der Waals surface area contributed by atoms with Gasteiger partial charge in [0.2, 0.25) is 5.91 Å². The number of ether oxygens (including phenoxy) is 1. The summed E-state index contributed by atoms with van der Waals surface area (Å²) >= 11 is 6.83. The third-order valence-electron chi connectivity index (χ3n) is 5.84. The van der Waals surface area contributed by atoms with E-state index in [0.717, 1.165) is 22.3 Å². The van der Waals surface area contributed by atoms with Gasteiger partial charge in [0.1, 0.15) is 18.5 Å². The summed E-state index contributed by atoms with van der Waals surface area (Å²) in [5.74, 6) is -2.72. The van der Waals surface area contributed by atoms with Gasteiger partial charge in [-0.3, -0.25) is 19.3 Å². The van der Waals surface area contributed by atoms with Crippen molar-refractivity contribution in [3.05, 3.63) is 45.4 Å². The topological polar surface area (TPSA) is 91.0 Å². The number of carbonyl (C=O) groups is 3. The maximum Gasteiger partial charge on any atom is 0.401 e. The van der Waals surface area contributed by atoms with Crippen LogP contribution in [0.1, 0.15) is 22.5 Å². The first-order valence-electron chi connectivity index (χ1n) is 11.4. The van der Waals surface area contributed by atoms with Gasteiger partial charge in [-0.1, -0.05) is 11.6 Å². The second-order valence-electron chi connectivity index (χ2n) is 8.60. The van der Waals surface area contributed by atoms with E-state index in [1.165, 1.54) is 29.2 Å². The van der Waals surface area contributed by atoms with E-state index < -0.39 is 49.0 Å². The summed E-state index contributed by atoms with van der Waals surface area (Å²) in [6.07, 6.45) is -3.67. The SMILES string of the molecule is O=C(NC[C@@H](C(=O)Nc1ccc(N2CCOCC2=O)cc1F)N(CC(F)(F)F)C1CC1)c1ccc(Cl)s1. The fraction of sp³-hybridized carbons (Fsp3) is 0.435. The zero-order valence-corrected chi connectivity index (χ0v) is 20.9. The Morgan fingerprint density at radius 1 is 1.24 bits per heavy atom. The van der Waals surface area contributed by atoms with Crippen LogP contribution in [0, 0.1) is 5.82 Å². The number of nitrogens with one attached hydrogen (secondary N) is 2. The van der Waals surface area contributed by atoms with Crippen molar-refractivity contribution >= 4 is 52.0 Å². The van der Waals surface area contributed by atoms with Crippen molar-refractivity contribution in [1.29, 1.82) is 0 Å². The Hall–Kier alpha value is -2.74. The Kier molecular flexibility index (Phi) is 8.36. The average Bonchev–Trinajstić information content (AvgIpc) is 3.59. The fourth-order valence-corrected chi connectivity index (χ4v) is 4.92. The van der Waals surface area contributed by atoms with Crippen molar-refractivity contribution in [3.8, 4) is 0 Å². The largest absolute Gasteiger partial charge is 0.401 e. The van der Waals surface area contributed by atoms with E-state index in [0.29, 0.717) is 17.2 Å². The molecule has 2 fully saturated rings. The number of nitrogens with zero attached hydrogens (tertiary/aromatic N) is 2. The molecule has 200 valence electrons. The van der Waals surface area contributed by atoms with Crippen LogP contribution in [-0.2, 0) is 14.3 Å². The molecule has 3 amide bonds. The Morgan fingerprint density at radius 3 is 2.59 bits per heavy atom. The molecule has 37 heavy (non-hydrogen) atoms. The molecule has 1 aromatic heterocycles. The van der Waals surface area contributed by atoms with Gasteiger partial charge in [0.05, 0.1) is 28.1 Å². The Bertz CT molecular complexity index is 1170. The lowest BCUT2D eigenvalue weighted by atomic mass is 10.1. The van der Waals surface area contributed by atoms with E-state index in [4.69, 9.17) is 16.3 Å². The Labute approximate surface area is 218 Å². The van der Waals surface area contributed by atoms with Crippen LogP contribution in [0.4, 0.5) is 28.9 Å². The van der Waals surface area contributed by atoms with Crippen LogP contribution in [0.25, 0.3) is 0 Å². The van der Waals surface area contributed by atoms with Crippen LogP contribution >= 0.6 is 22.9 Å². The number of hydrogen-bond acceptors (Lipinski definition) is 6. The second kappa shape index (κ2) is 11.3. The van der Waals surface area contributed by atoms with Gasteiger partial charge in [0, 0.05) is 24.8 Å². The predicted octanol–water partition coefficient (Wildman–Crippen LogP) is 3.67. The smallest absolute Gasteiger partial charge is 0.370 e. The van der Waals surface area contributed by atoms with Crippen molar-refractivity contribution in [3.63, 3.8) is 0 Å². The Balaban J connectivity index is 1.52.